The van der Waals surface area contributed by atoms with Crippen molar-refractivity contribution < 1.29 is 4.92 Å². The van der Waals surface area contributed by atoms with Crippen molar-refractivity contribution in [3.05, 3.63) is 38.9 Å². The van der Waals surface area contributed by atoms with Gasteiger partial charge in [-0.05, 0) is 19.0 Å². The number of nitrogens with two attached hydrogens (primary N) is 1. The summed E-state index contributed by atoms with van der Waals surface area (Å²) in [6.07, 6.45) is 0.427. The summed E-state index contributed by atoms with van der Waals surface area (Å²) in [4.78, 5) is 10.1. The van der Waals surface area contributed by atoms with Crippen LogP contribution in [0, 0.1) is 10.1 Å². The van der Waals surface area contributed by atoms with E-state index in [1.807, 2.05) is 0 Å². The van der Waals surface area contributed by atoms with Gasteiger partial charge in [0.05, 0.1) is 9.95 Å². The van der Waals surface area contributed by atoms with Crippen molar-refractivity contribution in [3.8, 4) is 0 Å². The molecule has 0 radical (unpaired) electrons. The predicted molar refractivity (Wildman–Crippen MR) is 50.9 cm³/mol. The van der Waals surface area contributed by atoms with Gasteiger partial charge in [-0.3, -0.25) is 10.1 Å². The zero-order valence-electron chi connectivity index (χ0n) is 6.87. The SMILES string of the molecule is NCCc1c(Cl)cccc1[N+](=O)[O-]. The average molecular weight is 201 g/mol. The lowest BCUT2D eigenvalue weighted by atomic mass is 10.1. The first-order valence-corrected chi connectivity index (χ1v) is 4.16. The Kier molecular flexibility index (Phi) is 3.22. The Morgan fingerprint density at radius 1 is 1.54 bits per heavy atom. The van der Waals surface area contributed by atoms with E-state index >= 15 is 0 Å². The van der Waals surface area contributed by atoms with E-state index < -0.39 is 4.92 Å². The molecule has 1 rings (SSSR count). The molecule has 0 atom stereocenters. The van der Waals surface area contributed by atoms with Gasteiger partial charge >= 0.3 is 0 Å². The summed E-state index contributed by atoms with van der Waals surface area (Å²) >= 11 is 5.79. The molecule has 13 heavy (non-hydrogen) atoms. The van der Waals surface area contributed by atoms with Gasteiger partial charge in [0.25, 0.3) is 5.69 Å². The Labute approximate surface area is 80.5 Å². The minimum atomic E-state index is -0.448. The van der Waals surface area contributed by atoms with Gasteiger partial charge < -0.3 is 5.73 Å². The van der Waals surface area contributed by atoms with Crippen LogP contribution >= 0.6 is 11.6 Å². The molecule has 4 nitrogen and oxygen atoms in total. The molecule has 0 aliphatic heterocycles. The fourth-order valence-corrected chi connectivity index (χ4v) is 1.37. The molecule has 0 saturated carbocycles. The topological polar surface area (TPSA) is 69.2 Å². The van der Waals surface area contributed by atoms with Crippen molar-refractivity contribution >= 4 is 17.3 Å². The Balaban J connectivity index is 3.17. The molecule has 0 fully saturated rings. The minimum Gasteiger partial charge on any atom is -0.330 e. The molecule has 1 aromatic carbocycles. The van der Waals surface area contributed by atoms with Crippen molar-refractivity contribution in [1.29, 1.82) is 0 Å². The summed E-state index contributed by atoms with van der Waals surface area (Å²) in [7, 11) is 0. The van der Waals surface area contributed by atoms with Crippen LogP contribution in [0.4, 0.5) is 5.69 Å². The lowest BCUT2D eigenvalue weighted by Crippen LogP contribution is -2.05. The maximum Gasteiger partial charge on any atom is 0.274 e. The van der Waals surface area contributed by atoms with Gasteiger partial charge in [0.1, 0.15) is 0 Å². The van der Waals surface area contributed by atoms with Crippen LogP contribution in [0.3, 0.4) is 0 Å². The van der Waals surface area contributed by atoms with Crippen LogP contribution in [0.1, 0.15) is 5.56 Å². The van der Waals surface area contributed by atoms with Gasteiger partial charge in [-0.25, -0.2) is 0 Å². The second-order valence-corrected chi connectivity index (χ2v) is 2.94. The lowest BCUT2D eigenvalue weighted by Gasteiger charge is -2.02. The number of halogens is 1. The van der Waals surface area contributed by atoms with Crippen molar-refractivity contribution in [2.24, 2.45) is 5.73 Å². The minimum absolute atomic E-state index is 0.0398. The summed E-state index contributed by atoms with van der Waals surface area (Å²) < 4.78 is 0. The van der Waals surface area contributed by atoms with Gasteiger partial charge in [0.15, 0.2) is 0 Å². The molecule has 70 valence electrons. The number of hydrogen-bond donors (Lipinski definition) is 1. The number of nitrogens with zero attached hydrogens (tertiary/aromatic N) is 1. The number of rotatable bonds is 3. The molecule has 2 N–H and O–H groups in total. The summed E-state index contributed by atoms with van der Waals surface area (Å²) in [5, 5.41) is 11.0. The standard InChI is InChI=1S/C8H9ClN2O2/c9-7-2-1-3-8(11(12)13)6(7)4-5-10/h1-3H,4-5,10H2. The smallest absolute Gasteiger partial charge is 0.274 e. The Bertz CT molecular complexity index is 328. The molecule has 0 saturated heterocycles. The van der Waals surface area contributed by atoms with Gasteiger partial charge in [-0.1, -0.05) is 17.7 Å². The van der Waals surface area contributed by atoms with Crippen LogP contribution in [-0.4, -0.2) is 11.5 Å². The zero-order valence-corrected chi connectivity index (χ0v) is 7.62. The van der Waals surface area contributed by atoms with Crippen molar-refractivity contribution in [3.63, 3.8) is 0 Å². The highest BCUT2D eigenvalue weighted by molar-refractivity contribution is 6.31. The molecular formula is C8H9ClN2O2. The molecule has 0 heterocycles. The van der Waals surface area contributed by atoms with Crippen LogP contribution in [0.15, 0.2) is 18.2 Å². The third-order valence-electron chi connectivity index (χ3n) is 1.69. The number of hydrogen-bond acceptors (Lipinski definition) is 3. The Morgan fingerprint density at radius 3 is 2.77 bits per heavy atom. The average Bonchev–Trinajstić information content (AvgIpc) is 2.08. The largest absolute Gasteiger partial charge is 0.330 e. The van der Waals surface area contributed by atoms with E-state index in [0.717, 1.165) is 0 Å². The monoisotopic (exact) mass is 200 g/mol. The van der Waals surface area contributed by atoms with Crippen LogP contribution < -0.4 is 5.73 Å². The molecule has 0 unspecified atom stereocenters. The second kappa shape index (κ2) is 4.20. The number of benzene rings is 1. The third kappa shape index (κ3) is 2.17. The first-order chi connectivity index (χ1) is 6.16. The molecule has 0 amide bonds. The highest BCUT2D eigenvalue weighted by Gasteiger charge is 2.14. The highest BCUT2D eigenvalue weighted by Crippen LogP contribution is 2.25. The van der Waals surface area contributed by atoms with E-state index in [1.165, 1.54) is 6.07 Å². The first kappa shape index (κ1) is 9.95. The highest BCUT2D eigenvalue weighted by atomic mass is 35.5. The van der Waals surface area contributed by atoms with Crippen LogP contribution in [0.25, 0.3) is 0 Å². The molecule has 0 aliphatic carbocycles. The van der Waals surface area contributed by atoms with Gasteiger partial charge in [-0.2, -0.15) is 0 Å². The molecule has 0 spiro atoms. The van der Waals surface area contributed by atoms with Crippen molar-refractivity contribution in [2.45, 2.75) is 6.42 Å². The molecule has 0 aliphatic rings. The fraction of sp³-hybridized carbons (Fsp3) is 0.250. The van der Waals surface area contributed by atoms with E-state index in [1.54, 1.807) is 12.1 Å². The summed E-state index contributed by atoms with van der Waals surface area (Å²) in [5.41, 5.74) is 5.87. The summed E-state index contributed by atoms with van der Waals surface area (Å²) in [6.45, 7) is 0.352. The Hall–Kier alpha value is -1.13. The lowest BCUT2D eigenvalue weighted by molar-refractivity contribution is -0.385. The van der Waals surface area contributed by atoms with E-state index in [0.29, 0.717) is 23.6 Å². The van der Waals surface area contributed by atoms with E-state index in [4.69, 9.17) is 17.3 Å². The first-order valence-electron chi connectivity index (χ1n) is 3.78. The second-order valence-electron chi connectivity index (χ2n) is 2.53. The maximum absolute atomic E-state index is 10.6. The Morgan fingerprint density at radius 2 is 2.23 bits per heavy atom. The fourth-order valence-electron chi connectivity index (χ4n) is 1.11. The summed E-state index contributed by atoms with van der Waals surface area (Å²) in [5.74, 6) is 0. The van der Waals surface area contributed by atoms with Crippen LogP contribution in [-0.2, 0) is 6.42 Å². The van der Waals surface area contributed by atoms with Gasteiger partial charge in [-0.15, -0.1) is 0 Å². The number of nitro groups is 1. The normalized spacial score (nSPS) is 10.0. The summed E-state index contributed by atoms with van der Waals surface area (Å²) in [6, 6.07) is 4.61. The van der Waals surface area contributed by atoms with E-state index in [-0.39, 0.29) is 5.69 Å². The van der Waals surface area contributed by atoms with Crippen molar-refractivity contribution in [1.82, 2.24) is 0 Å². The molecular weight excluding hydrogens is 192 g/mol. The zero-order chi connectivity index (χ0) is 9.84. The molecule has 1 aromatic rings. The number of nitro benzene ring substituents is 1. The van der Waals surface area contributed by atoms with Crippen LogP contribution in [0.5, 0.6) is 0 Å². The quantitative estimate of drug-likeness (QED) is 0.597. The van der Waals surface area contributed by atoms with E-state index in [9.17, 15) is 10.1 Å². The van der Waals surface area contributed by atoms with E-state index in [2.05, 4.69) is 0 Å². The van der Waals surface area contributed by atoms with Crippen molar-refractivity contribution in [2.75, 3.05) is 6.54 Å². The third-order valence-corrected chi connectivity index (χ3v) is 2.04. The molecule has 0 bridgehead atoms. The molecule has 5 heteroatoms. The maximum atomic E-state index is 10.6. The van der Waals surface area contributed by atoms with Gasteiger partial charge in [0, 0.05) is 11.6 Å². The van der Waals surface area contributed by atoms with Gasteiger partial charge in [0.2, 0.25) is 0 Å². The molecule has 0 aromatic heterocycles. The van der Waals surface area contributed by atoms with Crippen LogP contribution in [0.2, 0.25) is 5.02 Å². The predicted octanol–water partition coefficient (Wildman–Crippen LogP) is 1.75.